The van der Waals surface area contributed by atoms with E-state index in [1.165, 1.54) is 0 Å². The second kappa shape index (κ2) is 6.40. The standard InChI is InChI=1S/C20H22FN5O/c1-20(2,3)18(27)14-9-23-19-17(14)25-15(10-24-19)12-4-6-22-16(8-12)26-7-5-13(21)11-26/h4,6,8-10,13H,5,7,11H2,1-3H3,(H,23,24)/t13-/m0/s1. The van der Waals surface area contributed by atoms with Crippen LogP contribution in [0, 0.1) is 5.41 Å². The second-order valence-electron chi connectivity index (χ2n) is 7.97. The van der Waals surface area contributed by atoms with Crippen molar-refractivity contribution in [2.24, 2.45) is 5.41 Å². The first-order valence-corrected chi connectivity index (χ1v) is 9.07. The SMILES string of the molecule is CC(C)(C)C(=O)c1c[nH]c2ncc(-c3ccnc(N4CC[C@H](F)C4)c3)nc12. The number of carbonyl (C=O) groups is 1. The Morgan fingerprint density at radius 1 is 1.33 bits per heavy atom. The van der Waals surface area contributed by atoms with Crippen molar-refractivity contribution in [3.8, 4) is 11.3 Å². The van der Waals surface area contributed by atoms with E-state index < -0.39 is 11.6 Å². The van der Waals surface area contributed by atoms with Crippen LogP contribution < -0.4 is 4.90 Å². The smallest absolute Gasteiger partial charge is 0.171 e. The van der Waals surface area contributed by atoms with Crippen LogP contribution in [0.4, 0.5) is 10.2 Å². The van der Waals surface area contributed by atoms with Crippen molar-refractivity contribution >= 4 is 22.8 Å². The van der Waals surface area contributed by atoms with Crippen LogP contribution in [0.25, 0.3) is 22.4 Å². The summed E-state index contributed by atoms with van der Waals surface area (Å²) in [5, 5.41) is 0. The molecule has 0 unspecified atom stereocenters. The van der Waals surface area contributed by atoms with Gasteiger partial charge in [0.05, 0.1) is 24.0 Å². The van der Waals surface area contributed by atoms with E-state index in [1.807, 2.05) is 37.8 Å². The van der Waals surface area contributed by atoms with Crippen LogP contribution in [0.5, 0.6) is 0 Å². The molecule has 0 saturated carbocycles. The lowest BCUT2D eigenvalue weighted by molar-refractivity contribution is 0.0860. The molecule has 3 aromatic heterocycles. The third-order valence-corrected chi connectivity index (χ3v) is 4.80. The van der Waals surface area contributed by atoms with E-state index in [0.29, 0.717) is 41.9 Å². The molecule has 1 atom stereocenters. The summed E-state index contributed by atoms with van der Waals surface area (Å²) in [5.74, 6) is 0.747. The lowest BCUT2D eigenvalue weighted by Gasteiger charge is -2.17. The largest absolute Gasteiger partial charge is 0.354 e. The molecule has 4 rings (SSSR count). The Hall–Kier alpha value is -2.83. The number of nitrogens with one attached hydrogen (secondary N) is 1. The molecule has 0 aliphatic carbocycles. The molecular formula is C20H22FN5O. The Labute approximate surface area is 156 Å². The summed E-state index contributed by atoms with van der Waals surface area (Å²) in [4.78, 5) is 31.1. The van der Waals surface area contributed by atoms with Gasteiger partial charge >= 0.3 is 0 Å². The van der Waals surface area contributed by atoms with Gasteiger partial charge < -0.3 is 9.88 Å². The molecule has 1 aliphatic heterocycles. The van der Waals surface area contributed by atoms with Crippen molar-refractivity contribution in [1.82, 2.24) is 19.9 Å². The molecule has 3 aromatic rings. The predicted octanol–water partition coefficient (Wildman–Crippen LogP) is 3.80. The van der Waals surface area contributed by atoms with E-state index in [-0.39, 0.29) is 5.78 Å². The van der Waals surface area contributed by atoms with Gasteiger partial charge in [0.1, 0.15) is 17.5 Å². The van der Waals surface area contributed by atoms with Gasteiger partial charge in [-0.15, -0.1) is 0 Å². The molecule has 1 saturated heterocycles. The van der Waals surface area contributed by atoms with Crippen LogP contribution in [-0.4, -0.2) is 45.0 Å². The minimum absolute atomic E-state index is 0.0154. The molecule has 1 fully saturated rings. The summed E-state index contributed by atoms with van der Waals surface area (Å²) in [5.41, 5.74) is 2.68. The van der Waals surface area contributed by atoms with Crippen molar-refractivity contribution in [3.05, 3.63) is 36.3 Å². The number of fused-ring (bicyclic) bond motifs is 1. The molecule has 0 radical (unpaired) electrons. The lowest BCUT2D eigenvalue weighted by atomic mass is 9.87. The number of aromatic amines is 1. The van der Waals surface area contributed by atoms with Gasteiger partial charge in [0.15, 0.2) is 11.4 Å². The summed E-state index contributed by atoms with van der Waals surface area (Å²) in [6.07, 6.45) is 4.76. The zero-order valence-corrected chi connectivity index (χ0v) is 15.7. The highest BCUT2D eigenvalue weighted by molar-refractivity contribution is 6.08. The van der Waals surface area contributed by atoms with Gasteiger partial charge in [-0.05, 0) is 18.6 Å². The maximum absolute atomic E-state index is 13.5. The van der Waals surface area contributed by atoms with Crippen LogP contribution in [0.15, 0.2) is 30.7 Å². The zero-order chi connectivity index (χ0) is 19.2. The Morgan fingerprint density at radius 3 is 2.85 bits per heavy atom. The number of ketones is 1. The number of H-pyrrole nitrogens is 1. The van der Waals surface area contributed by atoms with Crippen molar-refractivity contribution in [3.63, 3.8) is 0 Å². The first kappa shape index (κ1) is 17.6. The van der Waals surface area contributed by atoms with Gasteiger partial charge in [-0.1, -0.05) is 20.8 Å². The Kier molecular flexibility index (Phi) is 4.17. The van der Waals surface area contributed by atoms with E-state index >= 15 is 0 Å². The van der Waals surface area contributed by atoms with Crippen LogP contribution in [0.2, 0.25) is 0 Å². The normalized spacial score (nSPS) is 17.6. The Morgan fingerprint density at radius 2 is 2.15 bits per heavy atom. The summed E-state index contributed by atoms with van der Waals surface area (Å²) < 4.78 is 13.5. The van der Waals surface area contributed by atoms with Gasteiger partial charge in [0, 0.05) is 29.9 Å². The molecule has 27 heavy (non-hydrogen) atoms. The van der Waals surface area contributed by atoms with Crippen LogP contribution >= 0.6 is 0 Å². The number of hydrogen-bond donors (Lipinski definition) is 1. The molecular weight excluding hydrogens is 345 g/mol. The van der Waals surface area contributed by atoms with E-state index in [0.717, 1.165) is 11.4 Å². The summed E-state index contributed by atoms with van der Waals surface area (Å²) in [7, 11) is 0. The highest BCUT2D eigenvalue weighted by atomic mass is 19.1. The lowest BCUT2D eigenvalue weighted by Crippen LogP contribution is -2.21. The van der Waals surface area contributed by atoms with Crippen molar-refractivity contribution in [2.75, 3.05) is 18.0 Å². The first-order valence-electron chi connectivity index (χ1n) is 9.07. The number of alkyl halides is 1. The molecule has 0 aromatic carbocycles. The summed E-state index contributed by atoms with van der Waals surface area (Å²) >= 11 is 0. The number of halogens is 1. The minimum Gasteiger partial charge on any atom is -0.354 e. The third-order valence-electron chi connectivity index (χ3n) is 4.80. The van der Waals surface area contributed by atoms with E-state index in [9.17, 15) is 9.18 Å². The molecule has 1 N–H and O–H groups in total. The highest BCUT2D eigenvalue weighted by Crippen LogP contribution is 2.28. The number of aromatic nitrogens is 4. The summed E-state index contributed by atoms with van der Waals surface area (Å²) in [6, 6.07) is 3.74. The van der Waals surface area contributed by atoms with Crippen LogP contribution in [-0.2, 0) is 0 Å². The van der Waals surface area contributed by atoms with Crippen LogP contribution in [0.1, 0.15) is 37.6 Å². The predicted molar refractivity (Wildman–Crippen MR) is 103 cm³/mol. The Bertz CT molecular complexity index is 1010. The number of carbonyl (C=O) groups excluding carboxylic acids is 1. The number of anilines is 1. The zero-order valence-electron chi connectivity index (χ0n) is 15.7. The van der Waals surface area contributed by atoms with Crippen LogP contribution in [0.3, 0.4) is 0 Å². The number of rotatable bonds is 3. The molecule has 0 spiro atoms. The molecule has 140 valence electrons. The van der Waals surface area contributed by atoms with Gasteiger partial charge in [-0.2, -0.15) is 0 Å². The molecule has 4 heterocycles. The second-order valence-corrected chi connectivity index (χ2v) is 7.97. The fraction of sp³-hybridized carbons (Fsp3) is 0.400. The van der Waals surface area contributed by atoms with E-state index in [2.05, 4.69) is 19.9 Å². The quantitative estimate of drug-likeness (QED) is 0.713. The number of hydrogen-bond acceptors (Lipinski definition) is 5. The van der Waals surface area contributed by atoms with E-state index in [4.69, 9.17) is 0 Å². The maximum Gasteiger partial charge on any atom is 0.171 e. The monoisotopic (exact) mass is 367 g/mol. The molecule has 1 aliphatic rings. The highest BCUT2D eigenvalue weighted by Gasteiger charge is 2.27. The molecule has 7 heteroatoms. The number of Topliss-reactive ketones (excluding diaryl/α,β-unsaturated/α-hetero) is 1. The Balaban J connectivity index is 1.73. The molecule has 0 bridgehead atoms. The summed E-state index contributed by atoms with van der Waals surface area (Å²) in [6.45, 7) is 6.67. The minimum atomic E-state index is -0.808. The van der Waals surface area contributed by atoms with Gasteiger partial charge in [0.2, 0.25) is 0 Å². The third kappa shape index (κ3) is 3.29. The van der Waals surface area contributed by atoms with Gasteiger partial charge in [-0.25, -0.2) is 19.3 Å². The van der Waals surface area contributed by atoms with Gasteiger partial charge in [0.25, 0.3) is 0 Å². The van der Waals surface area contributed by atoms with Crippen molar-refractivity contribution < 1.29 is 9.18 Å². The van der Waals surface area contributed by atoms with Crippen molar-refractivity contribution in [1.29, 1.82) is 0 Å². The first-order chi connectivity index (χ1) is 12.8. The van der Waals surface area contributed by atoms with E-state index in [1.54, 1.807) is 18.6 Å². The number of nitrogens with zero attached hydrogens (tertiary/aromatic N) is 4. The fourth-order valence-corrected chi connectivity index (χ4v) is 3.28. The number of pyridine rings is 1. The fourth-order valence-electron chi connectivity index (χ4n) is 3.28. The maximum atomic E-state index is 13.5. The average Bonchev–Trinajstić information content (AvgIpc) is 3.26. The van der Waals surface area contributed by atoms with Crippen molar-refractivity contribution in [2.45, 2.75) is 33.4 Å². The average molecular weight is 367 g/mol. The van der Waals surface area contributed by atoms with Gasteiger partial charge in [-0.3, -0.25) is 4.79 Å². The molecule has 6 nitrogen and oxygen atoms in total. The topological polar surface area (TPSA) is 74.8 Å². The molecule has 0 amide bonds.